The number of fused-ring (bicyclic) bond motifs is 1. The Bertz CT molecular complexity index is 903. The molecule has 28 heavy (non-hydrogen) atoms. The molecule has 0 atom stereocenters. The number of benzene rings is 2. The van der Waals surface area contributed by atoms with Gasteiger partial charge in [0.2, 0.25) is 0 Å². The van der Waals surface area contributed by atoms with E-state index in [1.165, 1.54) is 0 Å². The van der Waals surface area contributed by atoms with Gasteiger partial charge in [0.25, 0.3) is 17.7 Å². The van der Waals surface area contributed by atoms with E-state index in [0.717, 1.165) is 16.9 Å². The van der Waals surface area contributed by atoms with Crippen molar-refractivity contribution in [2.24, 2.45) is 0 Å². The van der Waals surface area contributed by atoms with Crippen molar-refractivity contribution in [3.63, 3.8) is 0 Å². The molecule has 2 aromatic rings. The smallest absolute Gasteiger partial charge is 0.308 e. The third kappa shape index (κ3) is 4.09. The second-order valence-corrected chi connectivity index (χ2v) is 6.28. The van der Waals surface area contributed by atoms with E-state index < -0.39 is 30.3 Å². The van der Waals surface area contributed by atoms with Gasteiger partial charge in [-0.2, -0.15) is 0 Å². The van der Waals surface area contributed by atoms with Gasteiger partial charge in [-0.05, 0) is 30.2 Å². The molecule has 0 saturated carbocycles. The molecule has 0 saturated heterocycles. The SMILES string of the molecule is CCc1ccccc1NC(=O)COC(=O)CCN1C(=O)c2ccccc2C1=O. The molecule has 2 aromatic carbocycles. The zero-order chi connectivity index (χ0) is 20.1. The van der Waals surface area contributed by atoms with E-state index in [9.17, 15) is 19.2 Å². The second kappa shape index (κ2) is 8.47. The Balaban J connectivity index is 1.47. The molecule has 0 bridgehead atoms. The summed E-state index contributed by atoms with van der Waals surface area (Å²) < 4.78 is 4.96. The number of esters is 1. The van der Waals surface area contributed by atoms with Crippen molar-refractivity contribution in [3.8, 4) is 0 Å². The first kappa shape index (κ1) is 19.3. The molecule has 3 rings (SSSR count). The first-order valence-electron chi connectivity index (χ1n) is 9.00. The zero-order valence-corrected chi connectivity index (χ0v) is 15.4. The lowest BCUT2D eigenvalue weighted by molar-refractivity contribution is -0.147. The van der Waals surface area contributed by atoms with Crippen molar-refractivity contribution in [2.45, 2.75) is 19.8 Å². The van der Waals surface area contributed by atoms with Crippen LogP contribution in [0.4, 0.5) is 5.69 Å². The van der Waals surface area contributed by atoms with E-state index in [2.05, 4.69) is 5.32 Å². The number of hydrogen-bond acceptors (Lipinski definition) is 5. The second-order valence-electron chi connectivity index (χ2n) is 6.28. The van der Waals surface area contributed by atoms with Gasteiger partial charge < -0.3 is 10.1 Å². The van der Waals surface area contributed by atoms with Crippen molar-refractivity contribution in [3.05, 3.63) is 65.2 Å². The molecule has 0 radical (unpaired) electrons. The largest absolute Gasteiger partial charge is 0.456 e. The number of carbonyl (C=O) groups is 4. The van der Waals surface area contributed by atoms with E-state index in [1.54, 1.807) is 30.3 Å². The molecule has 7 heteroatoms. The highest BCUT2D eigenvalue weighted by molar-refractivity contribution is 6.21. The fourth-order valence-corrected chi connectivity index (χ4v) is 3.00. The minimum atomic E-state index is -0.657. The van der Waals surface area contributed by atoms with Crippen LogP contribution in [-0.2, 0) is 20.7 Å². The zero-order valence-electron chi connectivity index (χ0n) is 15.4. The summed E-state index contributed by atoms with van der Waals surface area (Å²) in [5.41, 5.74) is 2.31. The molecule has 1 aliphatic heterocycles. The number of carbonyl (C=O) groups excluding carboxylic acids is 4. The molecule has 1 N–H and O–H groups in total. The quantitative estimate of drug-likeness (QED) is 0.588. The fourth-order valence-electron chi connectivity index (χ4n) is 3.00. The highest BCUT2D eigenvalue weighted by Gasteiger charge is 2.35. The van der Waals surface area contributed by atoms with Crippen LogP contribution in [0.15, 0.2) is 48.5 Å². The van der Waals surface area contributed by atoms with Crippen molar-refractivity contribution in [2.75, 3.05) is 18.5 Å². The molecule has 3 amide bonds. The third-order valence-electron chi connectivity index (χ3n) is 4.45. The maximum absolute atomic E-state index is 12.2. The number of hydrogen-bond donors (Lipinski definition) is 1. The van der Waals surface area contributed by atoms with Crippen molar-refractivity contribution < 1.29 is 23.9 Å². The Hall–Kier alpha value is -3.48. The van der Waals surface area contributed by atoms with Crippen molar-refractivity contribution in [1.29, 1.82) is 0 Å². The normalized spacial score (nSPS) is 12.7. The first-order valence-corrected chi connectivity index (χ1v) is 9.00. The molecule has 0 fully saturated rings. The van der Waals surface area contributed by atoms with Gasteiger partial charge in [0.1, 0.15) is 0 Å². The Morgan fingerprint density at radius 2 is 1.57 bits per heavy atom. The van der Waals surface area contributed by atoms with Crippen LogP contribution in [0.2, 0.25) is 0 Å². The summed E-state index contributed by atoms with van der Waals surface area (Å²) in [5, 5.41) is 2.71. The monoisotopic (exact) mass is 380 g/mol. The number of aryl methyl sites for hydroxylation is 1. The van der Waals surface area contributed by atoms with Gasteiger partial charge in [-0.1, -0.05) is 37.3 Å². The van der Waals surface area contributed by atoms with E-state index in [4.69, 9.17) is 4.74 Å². The Morgan fingerprint density at radius 3 is 2.21 bits per heavy atom. The topological polar surface area (TPSA) is 92.8 Å². The van der Waals surface area contributed by atoms with Crippen LogP contribution in [0.25, 0.3) is 0 Å². The molecule has 0 spiro atoms. The summed E-state index contributed by atoms with van der Waals surface area (Å²) in [6.45, 7) is 1.45. The number of nitrogens with zero attached hydrogens (tertiary/aromatic N) is 1. The lowest BCUT2D eigenvalue weighted by Gasteiger charge is -2.13. The summed E-state index contributed by atoms with van der Waals surface area (Å²) in [6.07, 6.45) is 0.584. The summed E-state index contributed by atoms with van der Waals surface area (Å²) in [6, 6.07) is 13.9. The van der Waals surface area contributed by atoms with Crippen molar-refractivity contribution in [1.82, 2.24) is 4.90 Å². The Morgan fingerprint density at radius 1 is 0.964 bits per heavy atom. The molecule has 0 unspecified atom stereocenters. The molecular formula is C21H20N2O5. The average Bonchev–Trinajstić information content (AvgIpc) is 2.95. The Labute approximate surface area is 162 Å². The predicted octanol–water partition coefficient (Wildman–Crippen LogP) is 2.42. The summed E-state index contributed by atoms with van der Waals surface area (Å²) >= 11 is 0. The first-order chi connectivity index (χ1) is 13.5. The molecule has 1 aliphatic rings. The molecular weight excluding hydrogens is 360 g/mol. The summed E-state index contributed by atoms with van der Waals surface area (Å²) in [4.78, 5) is 49.4. The third-order valence-corrected chi connectivity index (χ3v) is 4.45. The number of imide groups is 1. The number of para-hydroxylation sites is 1. The summed E-state index contributed by atoms with van der Waals surface area (Å²) in [5.74, 6) is -1.96. The fraction of sp³-hybridized carbons (Fsp3) is 0.238. The van der Waals surface area contributed by atoms with Crippen LogP contribution < -0.4 is 5.32 Å². The van der Waals surface area contributed by atoms with Gasteiger partial charge >= 0.3 is 5.97 Å². The standard InChI is InChI=1S/C21H20N2O5/c1-2-14-7-3-6-10-17(14)22-18(24)13-28-19(25)11-12-23-20(26)15-8-4-5-9-16(15)21(23)27/h3-10H,2,11-13H2,1H3,(H,22,24). The number of rotatable bonds is 7. The highest BCUT2D eigenvalue weighted by Crippen LogP contribution is 2.22. The van der Waals surface area contributed by atoms with Crippen LogP contribution in [0, 0.1) is 0 Å². The maximum atomic E-state index is 12.2. The van der Waals surface area contributed by atoms with Gasteiger partial charge in [-0.15, -0.1) is 0 Å². The minimum absolute atomic E-state index is 0.0918. The van der Waals surface area contributed by atoms with Gasteiger partial charge in [0.15, 0.2) is 6.61 Å². The minimum Gasteiger partial charge on any atom is -0.456 e. The van der Waals surface area contributed by atoms with Crippen LogP contribution in [0.5, 0.6) is 0 Å². The summed E-state index contributed by atoms with van der Waals surface area (Å²) in [7, 11) is 0. The van der Waals surface area contributed by atoms with Gasteiger partial charge in [0.05, 0.1) is 17.5 Å². The number of nitrogens with one attached hydrogen (secondary N) is 1. The Kier molecular flexibility index (Phi) is 5.84. The van der Waals surface area contributed by atoms with Crippen LogP contribution in [0.1, 0.15) is 39.6 Å². The van der Waals surface area contributed by atoms with Crippen LogP contribution in [-0.4, -0.2) is 41.7 Å². The van der Waals surface area contributed by atoms with E-state index in [0.29, 0.717) is 16.8 Å². The van der Waals surface area contributed by atoms with Crippen molar-refractivity contribution >= 4 is 29.4 Å². The molecule has 144 valence electrons. The lowest BCUT2D eigenvalue weighted by Crippen LogP contribution is -2.32. The number of ether oxygens (including phenoxy) is 1. The molecule has 7 nitrogen and oxygen atoms in total. The van der Waals surface area contributed by atoms with E-state index >= 15 is 0 Å². The molecule has 1 heterocycles. The van der Waals surface area contributed by atoms with Gasteiger partial charge in [-0.25, -0.2) is 0 Å². The average molecular weight is 380 g/mol. The lowest BCUT2D eigenvalue weighted by atomic mass is 10.1. The van der Waals surface area contributed by atoms with Crippen LogP contribution in [0.3, 0.4) is 0 Å². The van der Waals surface area contributed by atoms with E-state index in [1.807, 2.05) is 25.1 Å². The van der Waals surface area contributed by atoms with Crippen LogP contribution >= 0.6 is 0 Å². The number of anilines is 1. The highest BCUT2D eigenvalue weighted by atomic mass is 16.5. The van der Waals surface area contributed by atoms with Gasteiger partial charge in [-0.3, -0.25) is 24.1 Å². The number of amides is 3. The van der Waals surface area contributed by atoms with Gasteiger partial charge in [0, 0.05) is 12.2 Å². The molecule has 0 aliphatic carbocycles. The maximum Gasteiger partial charge on any atom is 0.308 e. The van der Waals surface area contributed by atoms with E-state index in [-0.39, 0.29) is 13.0 Å². The predicted molar refractivity (Wildman–Crippen MR) is 102 cm³/mol. The molecule has 0 aromatic heterocycles.